The number of hydrogen-bond donors (Lipinski definition) is 2. The fourth-order valence-corrected chi connectivity index (χ4v) is 1.45. The molecule has 0 heterocycles. The lowest BCUT2D eigenvalue weighted by molar-refractivity contribution is 0.146. The van der Waals surface area contributed by atoms with Crippen LogP contribution in [-0.2, 0) is 11.3 Å². The molecule has 0 aliphatic carbocycles. The molecule has 5 nitrogen and oxygen atoms in total. The second-order valence-corrected chi connectivity index (χ2v) is 4.50. The van der Waals surface area contributed by atoms with E-state index in [1.54, 1.807) is 7.11 Å². The van der Waals surface area contributed by atoms with Gasteiger partial charge < -0.3 is 20.5 Å². The zero-order valence-corrected chi connectivity index (χ0v) is 14.9. The maximum Gasteiger partial charge on any atom is 0.189 e. The quantitative estimate of drug-likeness (QED) is 0.229. The van der Waals surface area contributed by atoms with E-state index in [-0.39, 0.29) is 24.0 Å². The van der Waals surface area contributed by atoms with Gasteiger partial charge in [0.1, 0.15) is 12.4 Å². The van der Waals surface area contributed by atoms with Crippen molar-refractivity contribution >= 4 is 29.9 Å². The highest BCUT2D eigenvalue weighted by Crippen LogP contribution is 2.13. The van der Waals surface area contributed by atoms with Gasteiger partial charge >= 0.3 is 0 Å². The van der Waals surface area contributed by atoms with Crippen LogP contribution in [0.3, 0.4) is 0 Å². The van der Waals surface area contributed by atoms with Gasteiger partial charge in [-0.3, -0.25) is 0 Å². The molecule has 0 aromatic heterocycles. The molecule has 3 N–H and O–H groups in total. The fourth-order valence-electron chi connectivity index (χ4n) is 1.45. The number of halogens is 1. The van der Waals surface area contributed by atoms with Crippen LogP contribution in [0.2, 0.25) is 0 Å². The Kier molecular flexibility index (Phi) is 10.7. The van der Waals surface area contributed by atoms with Crippen LogP contribution in [0.4, 0.5) is 0 Å². The number of rotatable bonds is 8. The molecule has 21 heavy (non-hydrogen) atoms. The Bertz CT molecular complexity index is 464. The van der Waals surface area contributed by atoms with Crippen molar-refractivity contribution < 1.29 is 9.47 Å². The van der Waals surface area contributed by atoms with Crippen molar-refractivity contribution in [3.63, 3.8) is 0 Å². The highest BCUT2D eigenvalue weighted by molar-refractivity contribution is 14.0. The molecule has 6 heteroatoms. The predicted molar refractivity (Wildman–Crippen MR) is 97.4 cm³/mol. The van der Waals surface area contributed by atoms with Crippen LogP contribution in [0, 0.1) is 0 Å². The number of aliphatic imine (C=N–C) groups is 1. The van der Waals surface area contributed by atoms with Crippen LogP contribution in [0.5, 0.6) is 5.75 Å². The summed E-state index contributed by atoms with van der Waals surface area (Å²) in [6, 6.07) is 7.78. The van der Waals surface area contributed by atoms with Crippen LogP contribution < -0.4 is 15.8 Å². The number of hydrogen-bond acceptors (Lipinski definition) is 3. The average molecular weight is 405 g/mol. The summed E-state index contributed by atoms with van der Waals surface area (Å²) in [7, 11) is 1.65. The molecule has 1 rings (SSSR count). The Hall–Kier alpha value is -1.28. The van der Waals surface area contributed by atoms with Crippen molar-refractivity contribution in [3.8, 4) is 5.75 Å². The highest BCUT2D eigenvalue weighted by Gasteiger charge is 1.97. The molecule has 0 aliphatic rings. The summed E-state index contributed by atoms with van der Waals surface area (Å²) in [5.74, 6) is 1.22. The van der Waals surface area contributed by atoms with E-state index in [0.29, 0.717) is 32.3 Å². The summed E-state index contributed by atoms with van der Waals surface area (Å²) in [4.78, 5) is 4.27. The van der Waals surface area contributed by atoms with Crippen LogP contribution in [0.25, 0.3) is 0 Å². The van der Waals surface area contributed by atoms with Crippen molar-refractivity contribution in [2.45, 2.75) is 13.5 Å². The van der Waals surface area contributed by atoms with Gasteiger partial charge in [0.15, 0.2) is 5.96 Å². The second kappa shape index (κ2) is 11.4. The van der Waals surface area contributed by atoms with Gasteiger partial charge in [-0.2, -0.15) is 0 Å². The molecule has 0 fully saturated rings. The first kappa shape index (κ1) is 19.7. The molecule has 1 aromatic rings. The van der Waals surface area contributed by atoms with E-state index in [2.05, 4.69) is 16.9 Å². The predicted octanol–water partition coefficient (Wildman–Crippen LogP) is 2.31. The fraction of sp³-hybridized carbons (Fsp3) is 0.400. The summed E-state index contributed by atoms with van der Waals surface area (Å²) in [6.07, 6.45) is 0. The van der Waals surface area contributed by atoms with Crippen molar-refractivity contribution in [1.29, 1.82) is 0 Å². The molecule has 0 spiro atoms. The lowest BCUT2D eigenvalue weighted by atomic mass is 10.2. The van der Waals surface area contributed by atoms with Crippen LogP contribution in [-0.4, -0.2) is 32.8 Å². The zero-order chi connectivity index (χ0) is 14.8. The number of methoxy groups -OCH3 is 1. The molecule has 0 saturated heterocycles. The van der Waals surface area contributed by atoms with Gasteiger partial charge in [-0.15, -0.1) is 24.0 Å². The minimum atomic E-state index is 0. The molecule has 0 atom stereocenters. The largest absolute Gasteiger partial charge is 0.491 e. The van der Waals surface area contributed by atoms with Crippen LogP contribution in [0.1, 0.15) is 12.5 Å². The molecule has 0 radical (unpaired) electrons. The van der Waals surface area contributed by atoms with Gasteiger partial charge in [-0.1, -0.05) is 24.3 Å². The number of ether oxygens (including phenoxy) is 2. The average Bonchev–Trinajstić information content (AvgIpc) is 2.43. The number of benzene rings is 1. The Morgan fingerprint density at radius 3 is 2.81 bits per heavy atom. The van der Waals surface area contributed by atoms with E-state index in [9.17, 15) is 0 Å². The Morgan fingerprint density at radius 2 is 2.14 bits per heavy atom. The third kappa shape index (κ3) is 9.30. The van der Waals surface area contributed by atoms with E-state index < -0.39 is 0 Å². The number of nitrogens with one attached hydrogen (secondary N) is 1. The SMILES string of the molecule is C=C(C)CNC(N)=NCc1cccc(OCCOC)c1.I. The topological polar surface area (TPSA) is 68.9 Å². The summed E-state index contributed by atoms with van der Waals surface area (Å²) < 4.78 is 10.5. The third-order valence-corrected chi connectivity index (χ3v) is 2.46. The van der Waals surface area contributed by atoms with Crippen LogP contribution >= 0.6 is 24.0 Å². The number of guanidine groups is 1. The van der Waals surface area contributed by atoms with Gasteiger partial charge in [0.05, 0.1) is 13.2 Å². The minimum Gasteiger partial charge on any atom is -0.491 e. The van der Waals surface area contributed by atoms with Gasteiger partial charge in [0.2, 0.25) is 0 Å². The number of nitrogens with two attached hydrogens (primary N) is 1. The van der Waals surface area contributed by atoms with Crippen LogP contribution in [0.15, 0.2) is 41.4 Å². The lowest BCUT2D eigenvalue weighted by Crippen LogP contribution is -2.32. The molecular weight excluding hydrogens is 381 g/mol. The molecule has 118 valence electrons. The van der Waals surface area contributed by atoms with E-state index in [0.717, 1.165) is 16.9 Å². The number of nitrogens with zero attached hydrogens (tertiary/aromatic N) is 1. The van der Waals surface area contributed by atoms with Crippen molar-refractivity contribution in [1.82, 2.24) is 5.32 Å². The summed E-state index contributed by atoms with van der Waals surface area (Å²) in [5, 5.41) is 2.99. The lowest BCUT2D eigenvalue weighted by Gasteiger charge is -2.07. The maximum atomic E-state index is 5.76. The standard InChI is InChI=1S/C15H23N3O2.HI/c1-12(2)10-17-15(16)18-11-13-5-4-6-14(9-13)20-8-7-19-3;/h4-6,9H,1,7-8,10-11H2,2-3H3,(H3,16,17,18);1H. The van der Waals surface area contributed by atoms with Gasteiger partial charge in [0, 0.05) is 13.7 Å². The first-order valence-corrected chi connectivity index (χ1v) is 6.50. The molecule has 0 amide bonds. The highest BCUT2D eigenvalue weighted by atomic mass is 127. The van der Waals surface area contributed by atoms with Gasteiger partial charge in [0.25, 0.3) is 0 Å². The molecule has 0 bridgehead atoms. The summed E-state index contributed by atoms with van der Waals surface area (Å²) in [6.45, 7) is 7.97. The zero-order valence-electron chi connectivity index (χ0n) is 12.6. The molecule has 0 unspecified atom stereocenters. The summed E-state index contributed by atoms with van der Waals surface area (Å²) in [5.41, 5.74) is 7.81. The Morgan fingerprint density at radius 1 is 1.38 bits per heavy atom. The molecule has 0 saturated carbocycles. The molecule has 1 aromatic carbocycles. The van der Waals surface area contributed by atoms with Gasteiger partial charge in [-0.05, 0) is 24.6 Å². The Labute approximate surface area is 143 Å². The molecular formula is C15H24IN3O2. The second-order valence-electron chi connectivity index (χ2n) is 4.50. The first-order valence-electron chi connectivity index (χ1n) is 6.50. The monoisotopic (exact) mass is 405 g/mol. The van der Waals surface area contributed by atoms with E-state index in [1.807, 2.05) is 31.2 Å². The third-order valence-electron chi connectivity index (χ3n) is 2.46. The van der Waals surface area contributed by atoms with Crippen molar-refractivity contribution in [2.24, 2.45) is 10.7 Å². The van der Waals surface area contributed by atoms with Crippen molar-refractivity contribution in [2.75, 3.05) is 26.9 Å². The smallest absolute Gasteiger partial charge is 0.189 e. The van der Waals surface area contributed by atoms with Gasteiger partial charge in [-0.25, -0.2) is 4.99 Å². The van der Waals surface area contributed by atoms with E-state index >= 15 is 0 Å². The van der Waals surface area contributed by atoms with Crippen molar-refractivity contribution in [3.05, 3.63) is 42.0 Å². The Balaban J connectivity index is 0.00000400. The first-order chi connectivity index (χ1) is 9.61. The summed E-state index contributed by atoms with van der Waals surface area (Å²) >= 11 is 0. The van der Waals surface area contributed by atoms with E-state index in [4.69, 9.17) is 15.2 Å². The minimum absolute atomic E-state index is 0. The molecule has 0 aliphatic heterocycles. The normalized spacial score (nSPS) is 10.7. The maximum absolute atomic E-state index is 5.76. The van der Waals surface area contributed by atoms with E-state index in [1.165, 1.54) is 0 Å².